The zero-order valence-electron chi connectivity index (χ0n) is 10.2. The van der Waals surface area contributed by atoms with E-state index in [1.807, 2.05) is 6.92 Å². The zero-order chi connectivity index (χ0) is 13.3. The molecule has 1 fully saturated rings. The van der Waals surface area contributed by atoms with Gasteiger partial charge in [0, 0.05) is 23.9 Å². The van der Waals surface area contributed by atoms with Crippen LogP contribution < -0.4 is 10.6 Å². The number of hydrogen-bond donors (Lipinski definition) is 2. The Morgan fingerprint density at radius 2 is 1.89 bits per heavy atom. The van der Waals surface area contributed by atoms with Gasteiger partial charge in [0.15, 0.2) is 17.5 Å². The van der Waals surface area contributed by atoms with Crippen molar-refractivity contribution in [1.82, 2.24) is 5.32 Å². The molecule has 1 aromatic rings. The third kappa shape index (κ3) is 3.39. The number of carbonyl (C=O) groups is 1. The van der Waals surface area contributed by atoms with Crippen molar-refractivity contribution < 1.29 is 18.0 Å². The van der Waals surface area contributed by atoms with Gasteiger partial charge in [0.2, 0.25) is 5.91 Å². The summed E-state index contributed by atoms with van der Waals surface area (Å²) in [5.41, 5.74) is -0.0736. The third-order valence-electron chi connectivity index (χ3n) is 3.11. The van der Waals surface area contributed by atoms with Crippen LogP contribution in [-0.4, -0.2) is 18.5 Å². The molecule has 0 aliphatic carbocycles. The predicted octanol–water partition coefficient (Wildman–Crippen LogP) is 2.46. The number of anilines is 1. The molecule has 1 heterocycles. The van der Waals surface area contributed by atoms with Crippen molar-refractivity contribution in [3.63, 3.8) is 0 Å². The summed E-state index contributed by atoms with van der Waals surface area (Å²) in [6, 6.07) is 1.55. The summed E-state index contributed by atoms with van der Waals surface area (Å²) in [6.45, 7) is 2.59. The van der Waals surface area contributed by atoms with Gasteiger partial charge >= 0.3 is 0 Å². The number of amides is 1. The predicted molar refractivity (Wildman–Crippen MR) is 67.8 cm³/mol. The summed E-state index contributed by atoms with van der Waals surface area (Å²) in [6.07, 6.45) is 0.666. The molecule has 1 aliphatic rings. The fourth-order valence-electron chi connectivity index (χ4n) is 2.08. The lowest BCUT2D eigenvalue weighted by Crippen LogP contribution is -2.32. The number of carbonyl (C=O) groups excluding carboxylic acids is 1. The van der Waals surface area contributed by atoms with Gasteiger partial charge in [0.1, 0.15) is 0 Å². The Hall–Kier alpha value is -1.27. The van der Waals surface area contributed by atoms with E-state index in [0.717, 1.165) is 18.7 Å². The highest BCUT2D eigenvalue weighted by atomic mass is 35.5. The van der Waals surface area contributed by atoms with E-state index in [1.54, 1.807) is 0 Å². The quantitative estimate of drug-likeness (QED) is 0.823. The molecule has 2 N–H and O–H groups in total. The largest absolute Gasteiger partial charge is 0.326 e. The van der Waals surface area contributed by atoms with Gasteiger partial charge in [-0.05, 0) is 19.9 Å². The molecule has 0 radical (unpaired) electrons. The van der Waals surface area contributed by atoms with Gasteiger partial charge < -0.3 is 10.6 Å². The fourth-order valence-corrected chi connectivity index (χ4v) is 2.08. The van der Waals surface area contributed by atoms with Crippen LogP contribution in [0.25, 0.3) is 0 Å². The number of nitrogens with one attached hydrogen (secondary N) is 2. The van der Waals surface area contributed by atoms with Gasteiger partial charge in [-0.15, -0.1) is 12.4 Å². The highest BCUT2D eigenvalue weighted by Gasteiger charge is 2.29. The van der Waals surface area contributed by atoms with Crippen LogP contribution in [0.5, 0.6) is 0 Å². The smallest absolute Gasteiger partial charge is 0.229 e. The maximum absolute atomic E-state index is 13.0. The Morgan fingerprint density at radius 3 is 2.37 bits per heavy atom. The van der Waals surface area contributed by atoms with Crippen LogP contribution in [0.15, 0.2) is 12.1 Å². The molecule has 1 aliphatic heterocycles. The summed E-state index contributed by atoms with van der Waals surface area (Å²) in [4.78, 5) is 11.8. The summed E-state index contributed by atoms with van der Waals surface area (Å²) in [7, 11) is 0. The van der Waals surface area contributed by atoms with Crippen molar-refractivity contribution in [3.05, 3.63) is 29.6 Å². The van der Waals surface area contributed by atoms with E-state index < -0.39 is 17.5 Å². The van der Waals surface area contributed by atoms with Crippen LogP contribution >= 0.6 is 12.4 Å². The third-order valence-corrected chi connectivity index (χ3v) is 3.11. The van der Waals surface area contributed by atoms with Crippen molar-refractivity contribution in [2.45, 2.75) is 19.4 Å². The van der Waals surface area contributed by atoms with E-state index in [-0.39, 0.29) is 36.0 Å². The summed E-state index contributed by atoms with van der Waals surface area (Å²) in [5.74, 6) is -4.74. The normalized spacial score (nSPS) is 21.9. The Bertz CT molecular complexity index is 461. The molecule has 0 bridgehead atoms. The fraction of sp³-hybridized carbons (Fsp3) is 0.417. The first kappa shape index (κ1) is 15.8. The highest BCUT2D eigenvalue weighted by Crippen LogP contribution is 2.21. The first-order valence-electron chi connectivity index (χ1n) is 5.68. The molecule has 1 aromatic carbocycles. The van der Waals surface area contributed by atoms with Crippen LogP contribution in [0, 0.1) is 23.4 Å². The van der Waals surface area contributed by atoms with Crippen molar-refractivity contribution in [1.29, 1.82) is 0 Å². The van der Waals surface area contributed by atoms with Gasteiger partial charge in [-0.2, -0.15) is 0 Å². The van der Waals surface area contributed by atoms with E-state index in [0.29, 0.717) is 6.42 Å². The first-order valence-corrected chi connectivity index (χ1v) is 5.68. The van der Waals surface area contributed by atoms with E-state index in [2.05, 4.69) is 10.6 Å². The van der Waals surface area contributed by atoms with Crippen LogP contribution in [0.3, 0.4) is 0 Å². The molecular formula is C12H14ClF3N2O. The van der Waals surface area contributed by atoms with Crippen LogP contribution in [0.4, 0.5) is 18.9 Å². The molecule has 7 heteroatoms. The van der Waals surface area contributed by atoms with Gasteiger partial charge in [-0.25, -0.2) is 13.2 Å². The number of rotatable bonds is 2. The van der Waals surface area contributed by atoms with E-state index in [1.165, 1.54) is 0 Å². The molecule has 2 rings (SSSR count). The molecule has 0 aromatic heterocycles. The molecule has 19 heavy (non-hydrogen) atoms. The van der Waals surface area contributed by atoms with Crippen LogP contribution in [-0.2, 0) is 4.79 Å². The van der Waals surface area contributed by atoms with Gasteiger partial charge in [0.05, 0.1) is 5.92 Å². The minimum Gasteiger partial charge on any atom is -0.326 e. The maximum Gasteiger partial charge on any atom is 0.229 e. The lowest BCUT2D eigenvalue weighted by Gasteiger charge is -2.15. The maximum atomic E-state index is 13.0. The van der Waals surface area contributed by atoms with Gasteiger partial charge in [-0.3, -0.25) is 4.79 Å². The lowest BCUT2D eigenvalue weighted by atomic mass is 10.0. The molecule has 3 nitrogen and oxygen atoms in total. The highest BCUT2D eigenvalue weighted by molar-refractivity contribution is 5.93. The average molecular weight is 295 g/mol. The molecule has 0 saturated carbocycles. The Labute approximate surface area is 115 Å². The molecule has 0 unspecified atom stereocenters. The van der Waals surface area contributed by atoms with Gasteiger partial charge in [-0.1, -0.05) is 0 Å². The minimum atomic E-state index is -1.54. The zero-order valence-corrected chi connectivity index (χ0v) is 11.0. The average Bonchev–Trinajstić information content (AvgIpc) is 2.72. The Balaban J connectivity index is 0.00000180. The van der Waals surface area contributed by atoms with E-state index in [9.17, 15) is 18.0 Å². The second kappa shape index (κ2) is 6.25. The van der Waals surface area contributed by atoms with Crippen molar-refractivity contribution in [3.8, 4) is 0 Å². The molecule has 1 amide bonds. The van der Waals surface area contributed by atoms with E-state index in [4.69, 9.17) is 0 Å². The summed E-state index contributed by atoms with van der Waals surface area (Å²) in [5, 5.41) is 5.50. The topological polar surface area (TPSA) is 41.1 Å². The molecule has 106 valence electrons. The number of halogens is 4. The Morgan fingerprint density at radius 1 is 1.32 bits per heavy atom. The number of benzene rings is 1. The van der Waals surface area contributed by atoms with Crippen molar-refractivity contribution in [2.24, 2.45) is 5.92 Å². The van der Waals surface area contributed by atoms with Crippen molar-refractivity contribution in [2.75, 3.05) is 11.9 Å². The van der Waals surface area contributed by atoms with Gasteiger partial charge in [0.25, 0.3) is 0 Å². The SMILES string of the molecule is C[C@@H]1NCC[C@@H]1C(=O)Nc1cc(F)c(F)c(F)c1.Cl. The molecule has 2 atom stereocenters. The number of hydrogen-bond acceptors (Lipinski definition) is 2. The standard InChI is InChI=1S/C12H13F3N2O.ClH/c1-6-8(2-3-16-6)12(18)17-7-4-9(13)11(15)10(14)5-7;/h4-6,8,16H,2-3H2,1H3,(H,17,18);1H/t6-,8-;/m0./s1. The summed E-state index contributed by atoms with van der Waals surface area (Å²) >= 11 is 0. The van der Waals surface area contributed by atoms with Crippen LogP contribution in [0.1, 0.15) is 13.3 Å². The monoisotopic (exact) mass is 294 g/mol. The Kier molecular flexibility index (Phi) is 5.20. The van der Waals surface area contributed by atoms with Crippen LogP contribution in [0.2, 0.25) is 0 Å². The minimum absolute atomic E-state index is 0. The second-order valence-electron chi connectivity index (χ2n) is 4.38. The van der Waals surface area contributed by atoms with E-state index >= 15 is 0 Å². The molecule has 1 saturated heterocycles. The van der Waals surface area contributed by atoms with Crippen molar-refractivity contribution >= 4 is 24.0 Å². The first-order chi connectivity index (χ1) is 8.49. The second-order valence-corrected chi connectivity index (χ2v) is 4.38. The lowest BCUT2D eigenvalue weighted by molar-refractivity contribution is -0.120. The molecular weight excluding hydrogens is 281 g/mol. The summed E-state index contributed by atoms with van der Waals surface area (Å²) < 4.78 is 38.7. The molecule has 0 spiro atoms.